The van der Waals surface area contributed by atoms with Gasteiger partial charge in [-0.15, -0.1) is 11.3 Å². The molecule has 0 fully saturated rings. The van der Waals surface area contributed by atoms with Crippen LogP contribution in [0.15, 0.2) is 22.8 Å². The molecule has 0 spiro atoms. The first-order valence-corrected chi connectivity index (χ1v) is 5.84. The maximum atomic E-state index is 11.4. The van der Waals surface area contributed by atoms with E-state index in [2.05, 4.69) is 15.0 Å². The summed E-state index contributed by atoms with van der Waals surface area (Å²) in [7, 11) is 1.34. The molecule has 0 saturated carbocycles. The van der Waals surface area contributed by atoms with E-state index in [4.69, 9.17) is 4.42 Å². The summed E-state index contributed by atoms with van der Waals surface area (Å²) in [6.07, 6.45) is 1.62. The third kappa shape index (κ3) is 2.65. The molecule has 0 radical (unpaired) electrons. The Labute approximate surface area is 102 Å². The number of hydrogen-bond acceptors (Lipinski definition) is 6. The highest BCUT2D eigenvalue weighted by Crippen LogP contribution is 2.23. The molecule has 6 heteroatoms. The zero-order valence-corrected chi connectivity index (χ0v) is 10.3. The van der Waals surface area contributed by atoms with Gasteiger partial charge in [-0.05, 0) is 19.1 Å². The second-order valence-corrected chi connectivity index (χ2v) is 4.55. The van der Waals surface area contributed by atoms with Crippen molar-refractivity contribution in [1.29, 1.82) is 0 Å². The Bertz CT molecular complexity index is 505. The number of nitrogens with zero attached hydrogens (tertiary/aromatic N) is 1. The van der Waals surface area contributed by atoms with E-state index in [9.17, 15) is 4.79 Å². The van der Waals surface area contributed by atoms with Crippen molar-refractivity contribution in [3.8, 4) is 0 Å². The third-order valence-corrected chi connectivity index (χ3v) is 3.10. The van der Waals surface area contributed by atoms with Crippen LogP contribution in [0, 0.1) is 6.92 Å². The molecule has 0 aliphatic carbocycles. The van der Waals surface area contributed by atoms with E-state index in [1.54, 1.807) is 6.26 Å². The van der Waals surface area contributed by atoms with Crippen LogP contribution in [0.25, 0.3) is 0 Å². The molecule has 17 heavy (non-hydrogen) atoms. The van der Waals surface area contributed by atoms with Gasteiger partial charge in [0.15, 0.2) is 10.8 Å². The first-order chi connectivity index (χ1) is 8.20. The molecular weight excluding hydrogens is 240 g/mol. The number of nitrogens with one attached hydrogen (secondary N) is 1. The quantitative estimate of drug-likeness (QED) is 0.847. The maximum Gasteiger partial charge on any atom is 0.357 e. The summed E-state index contributed by atoms with van der Waals surface area (Å²) >= 11 is 1.42. The van der Waals surface area contributed by atoms with Gasteiger partial charge < -0.3 is 14.5 Å². The van der Waals surface area contributed by atoms with Crippen LogP contribution in [0.5, 0.6) is 0 Å². The molecule has 0 unspecified atom stereocenters. The van der Waals surface area contributed by atoms with Gasteiger partial charge in [-0.25, -0.2) is 9.78 Å². The number of thiazole rings is 1. The van der Waals surface area contributed by atoms with E-state index < -0.39 is 5.97 Å². The van der Waals surface area contributed by atoms with Crippen molar-refractivity contribution < 1.29 is 13.9 Å². The Morgan fingerprint density at radius 1 is 1.65 bits per heavy atom. The molecule has 2 aromatic heterocycles. The smallest absolute Gasteiger partial charge is 0.357 e. The highest BCUT2D eigenvalue weighted by molar-refractivity contribution is 7.15. The van der Waals surface area contributed by atoms with Crippen LogP contribution < -0.4 is 5.32 Å². The van der Waals surface area contributed by atoms with Crippen LogP contribution >= 0.6 is 11.3 Å². The number of anilines is 1. The summed E-state index contributed by atoms with van der Waals surface area (Å²) in [4.78, 5) is 16.4. The number of hydrogen-bond donors (Lipinski definition) is 1. The monoisotopic (exact) mass is 252 g/mol. The van der Waals surface area contributed by atoms with Crippen LogP contribution in [0.1, 0.15) is 21.1 Å². The molecule has 1 N–H and O–H groups in total. The number of methoxy groups -OCH3 is 1. The topological polar surface area (TPSA) is 64.4 Å². The first kappa shape index (κ1) is 11.7. The predicted molar refractivity (Wildman–Crippen MR) is 64.2 cm³/mol. The molecule has 2 rings (SSSR count). The second-order valence-electron chi connectivity index (χ2n) is 3.35. The van der Waals surface area contributed by atoms with Crippen molar-refractivity contribution in [3.63, 3.8) is 0 Å². The summed E-state index contributed by atoms with van der Waals surface area (Å²) in [6, 6.07) is 3.69. The summed E-state index contributed by atoms with van der Waals surface area (Å²) in [5.41, 5.74) is 0.361. The summed E-state index contributed by atoms with van der Waals surface area (Å²) in [5.74, 6) is 0.405. The van der Waals surface area contributed by atoms with Crippen molar-refractivity contribution >= 4 is 22.4 Å². The Morgan fingerprint density at radius 2 is 2.47 bits per heavy atom. The highest BCUT2D eigenvalue weighted by atomic mass is 32.1. The maximum absolute atomic E-state index is 11.4. The van der Waals surface area contributed by atoms with E-state index in [1.165, 1.54) is 18.4 Å². The molecule has 0 aliphatic rings. The lowest BCUT2D eigenvalue weighted by molar-refractivity contribution is 0.0594. The molecule has 0 aromatic carbocycles. The number of rotatable bonds is 4. The number of esters is 1. The summed E-state index contributed by atoms with van der Waals surface area (Å²) in [6.45, 7) is 2.38. The second kappa shape index (κ2) is 5.01. The minimum Gasteiger partial charge on any atom is -0.467 e. The van der Waals surface area contributed by atoms with Gasteiger partial charge in [0.2, 0.25) is 0 Å². The van der Waals surface area contributed by atoms with E-state index in [1.807, 2.05) is 19.1 Å². The molecule has 0 aliphatic heterocycles. The van der Waals surface area contributed by atoms with Crippen LogP contribution in [0.2, 0.25) is 0 Å². The van der Waals surface area contributed by atoms with Crippen molar-refractivity contribution in [1.82, 2.24) is 4.98 Å². The number of furan rings is 1. The zero-order valence-electron chi connectivity index (χ0n) is 9.52. The fraction of sp³-hybridized carbons (Fsp3) is 0.273. The van der Waals surface area contributed by atoms with E-state index in [0.29, 0.717) is 17.4 Å². The van der Waals surface area contributed by atoms with Crippen LogP contribution in [-0.2, 0) is 11.3 Å². The van der Waals surface area contributed by atoms with Crippen molar-refractivity contribution in [2.45, 2.75) is 13.5 Å². The Hall–Kier alpha value is -1.82. The molecule has 90 valence electrons. The molecule has 0 atom stereocenters. The molecule has 0 amide bonds. The lowest BCUT2D eigenvalue weighted by atomic mass is 10.4. The first-order valence-electron chi connectivity index (χ1n) is 5.02. The summed E-state index contributed by atoms with van der Waals surface area (Å²) in [5, 5.41) is 3.77. The summed E-state index contributed by atoms with van der Waals surface area (Å²) < 4.78 is 9.82. The SMILES string of the molecule is COC(=O)c1nc(NCc2ccco2)sc1C. The molecular formula is C11H12N2O3S. The number of carbonyl (C=O) groups is 1. The molecule has 5 nitrogen and oxygen atoms in total. The largest absolute Gasteiger partial charge is 0.467 e. The number of ether oxygens (including phenoxy) is 1. The number of aromatic nitrogens is 1. The van der Waals surface area contributed by atoms with Gasteiger partial charge in [0.1, 0.15) is 5.76 Å². The van der Waals surface area contributed by atoms with Crippen molar-refractivity contribution in [3.05, 3.63) is 34.7 Å². The van der Waals surface area contributed by atoms with Gasteiger partial charge in [-0.3, -0.25) is 0 Å². The zero-order chi connectivity index (χ0) is 12.3. The van der Waals surface area contributed by atoms with Gasteiger partial charge in [-0.2, -0.15) is 0 Å². The average molecular weight is 252 g/mol. The standard InChI is InChI=1S/C11H12N2O3S/c1-7-9(10(14)15-2)13-11(17-7)12-6-8-4-3-5-16-8/h3-5H,6H2,1-2H3,(H,12,13). The van der Waals surface area contributed by atoms with Gasteiger partial charge in [-0.1, -0.05) is 0 Å². The minimum atomic E-state index is -0.412. The van der Waals surface area contributed by atoms with Crippen LogP contribution in [0.3, 0.4) is 0 Å². The number of aryl methyl sites for hydroxylation is 1. The minimum absolute atomic E-state index is 0.361. The van der Waals surface area contributed by atoms with Crippen molar-refractivity contribution in [2.75, 3.05) is 12.4 Å². The van der Waals surface area contributed by atoms with E-state index in [-0.39, 0.29) is 0 Å². The Kier molecular flexibility index (Phi) is 3.43. The van der Waals surface area contributed by atoms with Gasteiger partial charge >= 0.3 is 5.97 Å². The molecule has 2 heterocycles. The third-order valence-electron chi connectivity index (χ3n) is 2.17. The lowest BCUT2D eigenvalue weighted by Crippen LogP contribution is -2.04. The Balaban J connectivity index is 2.05. The fourth-order valence-corrected chi connectivity index (χ4v) is 2.13. The normalized spacial score (nSPS) is 10.2. The van der Waals surface area contributed by atoms with Gasteiger partial charge in [0.25, 0.3) is 0 Å². The number of carbonyl (C=O) groups excluding carboxylic acids is 1. The predicted octanol–water partition coefficient (Wildman–Crippen LogP) is 2.44. The fourth-order valence-electron chi connectivity index (χ4n) is 1.33. The van der Waals surface area contributed by atoms with E-state index >= 15 is 0 Å². The highest BCUT2D eigenvalue weighted by Gasteiger charge is 2.15. The molecule has 0 saturated heterocycles. The van der Waals surface area contributed by atoms with E-state index in [0.717, 1.165) is 10.6 Å². The van der Waals surface area contributed by atoms with Gasteiger partial charge in [0, 0.05) is 4.88 Å². The van der Waals surface area contributed by atoms with Crippen molar-refractivity contribution in [2.24, 2.45) is 0 Å². The molecule has 2 aromatic rings. The van der Waals surface area contributed by atoms with Gasteiger partial charge in [0.05, 0.1) is 19.9 Å². The van der Waals surface area contributed by atoms with Crippen LogP contribution in [-0.4, -0.2) is 18.1 Å². The Morgan fingerprint density at radius 3 is 3.12 bits per heavy atom. The van der Waals surface area contributed by atoms with Crippen LogP contribution in [0.4, 0.5) is 5.13 Å². The average Bonchev–Trinajstić information content (AvgIpc) is 2.94. The lowest BCUT2D eigenvalue weighted by Gasteiger charge is -1.98. The molecule has 0 bridgehead atoms.